The van der Waals surface area contributed by atoms with Crippen LogP contribution in [0.4, 0.5) is 0 Å². The minimum atomic E-state index is 0. The number of benzene rings is 1. The molecule has 0 aromatic heterocycles. The van der Waals surface area contributed by atoms with Gasteiger partial charge in [0, 0.05) is 44.4 Å². The van der Waals surface area contributed by atoms with Crippen molar-refractivity contribution in [1.29, 1.82) is 0 Å². The highest BCUT2D eigenvalue weighted by Crippen LogP contribution is 2.37. The molecule has 2 rings (SSSR count). The Kier molecular flexibility index (Phi) is 7.09. The molecule has 3 N–H and O–H groups in total. The second-order valence-corrected chi connectivity index (χ2v) is 4.71. The summed E-state index contributed by atoms with van der Waals surface area (Å²) in [5, 5.41) is 22.9. The van der Waals surface area contributed by atoms with Crippen LogP contribution in [0.1, 0.15) is 18.0 Å². The molecule has 1 atom stereocenters. The number of aliphatic hydroxyl groups excluding tert-OH is 1. The number of nitrogens with one attached hydrogen (secondary N) is 1. The van der Waals surface area contributed by atoms with Crippen molar-refractivity contribution in [1.82, 2.24) is 10.2 Å². The average molecular weight is 303 g/mol. The monoisotopic (exact) mass is 302 g/mol. The lowest BCUT2D eigenvalue weighted by molar-refractivity contribution is 0.138. The molecule has 1 aromatic rings. The fourth-order valence-electron chi connectivity index (χ4n) is 2.62. The van der Waals surface area contributed by atoms with E-state index in [2.05, 4.69) is 10.2 Å². The average Bonchev–Trinajstić information content (AvgIpc) is 2.46. The highest BCUT2D eigenvalue weighted by molar-refractivity contribution is 5.85. The Bertz CT molecular complexity index is 411. The Labute approximate surface area is 126 Å². The van der Waals surface area contributed by atoms with Gasteiger partial charge in [0.25, 0.3) is 0 Å². The summed E-state index contributed by atoms with van der Waals surface area (Å²) in [7, 11) is 1.55. The van der Waals surface area contributed by atoms with Crippen molar-refractivity contribution in [2.45, 2.75) is 12.5 Å². The van der Waals surface area contributed by atoms with Crippen LogP contribution in [0.3, 0.4) is 0 Å². The standard InChI is InChI=1S/C14H22N2O3.ClH/c1-19-13-4-2-3-11(14(13)18)12(5-10-17)16-8-6-15-7-9-16;/h2-4,12,15,17-18H,5-10H2,1H3;1H/t12-;/m0./s1. The van der Waals surface area contributed by atoms with E-state index in [9.17, 15) is 10.2 Å². The Morgan fingerprint density at radius 1 is 1.35 bits per heavy atom. The number of methoxy groups -OCH3 is 1. The predicted octanol–water partition coefficient (Wildman–Crippen LogP) is 1.15. The molecule has 6 heteroatoms. The summed E-state index contributed by atoms with van der Waals surface area (Å²) in [6, 6.07) is 5.55. The van der Waals surface area contributed by atoms with Crippen LogP contribution in [0.15, 0.2) is 18.2 Å². The van der Waals surface area contributed by atoms with Crippen LogP contribution >= 0.6 is 12.4 Å². The van der Waals surface area contributed by atoms with Gasteiger partial charge in [-0.1, -0.05) is 12.1 Å². The van der Waals surface area contributed by atoms with E-state index in [0.717, 1.165) is 31.7 Å². The SMILES string of the molecule is COc1cccc([C@H](CCO)N2CCNCC2)c1O.Cl. The van der Waals surface area contributed by atoms with Gasteiger partial charge in [-0.2, -0.15) is 0 Å². The summed E-state index contributed by atoms with van der Waals surface area (Å²) in [4.78, 5) is 2.29. The molecular formula is C14H23ClN2O3. The zero-order chi connectivity index (χ0) is 13.7. The van der Waals surface area contributed by atoms with E-state index in [1.807, 2.05) is 12.1 Å². The number of phenols is 1. The molecule has 1 aliphatic heterocycles. The van der Waals surface area contributed by atoms with Crippen LogP contribution < -0.4 is 10.1 Å². The van der Waals surface area contributed by atoms with Gasteiger partial charge >= 0.3 is 0 Å². The van der Waals surface area contributed by atoms with Crippen molar-refractivity contribution in [2.75, 3.05) is 39.9 Å². The van der Waals surface area contributed by atoms with Gasteiger partial charge < -0.3 is 20.3 Å². The third kappa shape index (κ3) is 3.76. The quantitative estimate of drug-likeness (QED) is 0.761. The maximum Gasteiger partial charge on any atom is 0.162 e. The van der Waals surface area contributed by atoms with Gasteiger partial charge in [0.1, 0.15) is 0 Å². The van der Waals surface area contributed by atoms with E-state index in [1.165, 1.54) is 0 Å². The van der Waals surface area contributed by atoms with E-state index in [-0.39, 0.29) is 30.8 Å². The Hall–Kier alpha value is -1.01. The van der Waals surface area contributed by atoms with Crippen LogP contribution in [-0.2, 0) is 0 Å². The summed E-state index contributed by atoms with van der Waals surface area (Å²) >= 11 is 0. The first-order valence-electron chi connectivity index (χ1n) is 6.69. The Balaban J connectivity index is 0.00000200. The van der Waals surface area contributed by atoms with Gasteiger partial charge in [-0.3, -0.25) is 4.90 Å². The molecule has 0 spiro atoms. The van der Waals surface area contributed by atoms with Crippen molar-refractivity contribution in [3.63, 3.8) is 0 Å². The fourth-order valence-corrected chi connectivity index (χ4v) is 2.62. The molecule has 0 bridgehead atoms. The second-order valence-electron chi connectivity index (χ2n) is 4.71. The van der Waals surface area contributed by atoms with Crippen LogP contribution in [0.2, 0.25) is 0 Å². The Morgan fingerprint density at radius 2 is 2.05 bits per heavy atom. The minimum Gasteiger partial charge on any atom is -0.504 e. The third-order valence-corrected chi connectivity index (χ3v) is 3.60. The van der Waals surface area contributed by atoms with Gasteiger partial charge in [-0.05, 0) is 12.5 Å². The predicted molar refractivity (Wildman–Crippen MR) is 80.8 cm³/mol. The molecule has 1 heterocycles. The minimum absolute atomic E-state index is 0. The zero-order valence-corrected chi connectivity index (χ0v) is 12.5. The Morgan fingerprint density at radius 3 is 2.65 bits per heavy atom. The van der Waals surface area contributed by atoms with E-state index in [4.69, 9.17) is 4.74 Å². The molecule has 1 aromatic carbocycles. The summed E-state index contributed by atoms with van der Waals surface area (Å²) in [6.07, 6.45) is 0.612. The summed E-state index contributed by atoms with van der Waals surface area (Å²) in [6.45, 7) is 3.81. The molecule has 1 aliphatic rings. The van der Waals surface area contributed by atoms with E-state index in [0.29, 0.717) is 12.2 Å². The largest absolute Gasteiger partial charge is 0.504 e. The van der Waals surface area contributed by atoms with Crippen molar-refractivity contribution >= 4 is 12.4 Å². The summed E-state index contributed by atoms with van der Waals surface area (Å²) < 4.78 is 5.16. The molecule has 1 fully saturated rings. The molecule has 0 saturated carbocycles. The topological polar surface area (TPSA) is 65.0 Å². The number of piperazine rings is 1. The van der Waals surface area contributed by atoms with E-state index < -0.39 is 0 Å². The van der Waals surface area contributed by atoms with Crippen LogP contribution in [0.5, 0.6) is 11.5 Å². The van der Waals surface area contributed by atoms with Gasteiger partial charge in [-0.15, -0.1) is 12.4 Å². The number of rotatable bonds is 5. The maximum absolute atomic E-state index is 10.3. The summed E-state index contributed by atoms with van der Waals surface area (Å²) in [5.74, 6) is 0.664. The second kappa shape index (κ2) is 8.32. The smallest absolute Gasteiger partial charge is 0.162 e. The van der Waals surface area contributed by atoms with Crippen molar-refractivity contribution in [2.24, 2.45) is 0 Å². The number of halogens is 1. The highest BCUT2D eigenvalue weighted by atomic mass is 35.5. The van der Waals surface area contributed by atoms with Crippen LogP contribution in [0, 0.1) is 0 Å². The van der Waals surface area contributed by atoms with E-state index in [1.54, 1.807) is 13.2 Å². The molecule has 5 nitrogen and oxygen atoms in total. The van der Waals surface area contributed by atoms with Gasteiger partial charge in [0.05, 0.1) is 7.11 Å². The molecule has 0 unspecified atom stereocenters. The van der Waals surface area contributed by atoms with Crippen molar-refractivity contribution in [3.8, 4) is 11.5 Å². The lowest BCUT2D eigenvalue weighted by Crippen LogP contribution is -2.45. The van der Waals surface area contributed by atoms with Crippen molar-refractivity contribution < 1.29 is 14.9 Å². The van der Waals surface area contributed by atoms with Crippen molar-refractivity contribution in [3.05, 3.63) is 23.8 Å². The van der Waals surface area contributed by atoms with Crippen LogP contribution in [-0.4, -0.2) is 55.0 Å². The number of aliphatic hydroxyl groups is 1. The molecule has 20 heavy (non-hydrogen) atoms. The number of aromatic hydroxyl groups is 1. The number of nitrogens with zero attached hydrogens (tertiary/aromatic N) is 1. The van der Waals surface area contributed by atoms with Gasteiger partial charge in [0.15, 0.2) is 11.5 Å². The third-order valence-electron chi connectivity index (χ3n) is 3.60. The number of ether oxygens (including phenoxy) is 1. The first-order valence-corrected chi connectivity index (χ1v) is 6.69. The van der Waals surface area contributed by atoms with Crippen LogP contribution in [0.25, 0.3) is 0 Å². The molecule has 0 amide bonds. The number of hydrogen-bond acceptors (Lipinski definition) is 5. The number of hydrogen-bond donors (Lipinski definition) is 3. The molecular weight excluding hydrogens is 280 g/mol. The zero-order valence-electron chi connectivity index (χ0n) is 11.7. The van der Waals surface area contributed by atoms with Gasteiger partial charge in [-0.25, -0.2) is 0 Å². The summed E-state index contributed by atoms with van der Waals surface area (Å²) in [5.41, 5.74) is 0.829. The molecule has 0 aliphatic carbocycles. The molecule has 114 valence electrons. The first-order chi connectivity index (χ1) is 9.27. The highest BCUT2D eigenvalue weighted by Gasteiger charge is 2.25. The normalized spacial score (nSPS) is 17.3. The number of phenolic OH excluding ortho intramolecular Hbond substituents is 1. The molecule has 1 saturated heterocycles. The molecule has 0 radical (unpaired) electrons. The number of para-hydroxylation sites is 1. The fraction of sp³-hybridized carbons (Fsp3) is 0.571. The van der Waals surface area contributed by atoms with E-state index >= 15 is 0 Å². The van der Waals surface area contributed by atoms with Gasteiger partial charge in [0.2, 0.25) is 0 Å². The first kappa shape index (κ1) is 17.0. The maximum atomic E-state index is 10.3. The lowest BCUT2D eigenvalue weighted by atomic mass is 10.00. The lowest BCUT2D eigenvalue weighted by Gasteiger charge is -2.35.